The van der Waals surface area contributed by atoms with Gasteiger partial charge in [-0.05, 0) is 50.1 Å². The summed E-state index contributed by atoms with van der Waals surface area (Å²) in [7, 11) is 1.59. The average molecular weight is 1370 g/mol. The molecule has 0 N–H and O–H groups in total. The second-order valence-corrected chi connectivity index (χ2v) is 25.2. The van der Waals surface area contributed by atoms with Crippen LogP contribution in [0.15, 0.2) is 273 Å². The maximum Gasteiger partial charge on any atom is 0.302 e. The van der Waals surface area contributed by atoms with Crippen LogP contribution in [0.1, 0.15) is 57.0 Å². The first-order valence-corrected chi connectivity index (χ1v) is 34.6. The van der Waals surface area contributed by atoms with Crippen LogP contribution >= 0.6 is 0 Å². The normalized spacial score (nSPS) is 25.1. The number of hydrogen-bond acceptors (Lipinski definition) is 17. The smallest absolute Gasteiger partial charge is 0.302 e. The molecule has 15 atom stereocenters. The number of carbonyl (C=O) groups excluding carboxylic acids is 1. The van der Waals surface area contributed by atoms with Gasteiger partial charge in [-0.1, -0.05) is 273 Å². The van der Waals surface area contributed by atoms with Gasteiger partial charge in [0, 0.05) is 14.0 Å². The lowest BCUT2D eigenvalue weighted by atomic mass is 9.96. The Hall–Kier alpha value is -8.15. The lowest BCUT2D eigenvalue weighted by molar-refractivity contribution is -0.361. The van der Waals surface area contributed by atoms with Crippen molar-refractivity contribution in [3.05, 3.63) is 323 Å². The Morgan fingerprint density at radius 1 is 0.248 bits per heavy atom. The third-order valence-corrected chi connectivity index (χ3v) is 17.9. The molecule has 0 saturated carbocycles. The Bertz CT molecular complexity index is 3750. The van der Waals surface area contributed by atoms with E-state index in [1.807, 2.05) is 273 Å². The molecule has 0 bridgehead atoms. The summed E-state index contributed by atoms with van der Waals surface area (Å²) in [5, 5.41) is 0. The Labute approximate surface area is 592 Å². The van der Waals surface area contributed by atoms with Gasteiger partial charge in [-0.3, -0.25) is 4.79 Å². The fourth-order valence-corrected chi connectivity index (χ4v) is 12.7. The van der Waals surface area contributed by atoms with E-state index < -0.39 is 98.1 Å². The van der Waals surface area contributed by atoms with Crippen LogP contribution in [0.2, 0.25) is 0 Å². The number of rotatable bonds is 36. The Balaban J connectivity index is 0.922. The molecule has 17 nitrogen and oxygen atoms in total. The van der Waals surface area contributed by atoms with Gasteiger partial charge in [0.1, 0.15) is 79.9 Å². The minimum absolute atomic E-state index is 0.135. The molecule has 3 saturated heterocycles. The molecule has 0 unspecified atom stereocenters. The van der Waals surface area contributed by atoms with Gasteiger partial charge in [0.15, 0.2) is 18.9 Å². The summed E-state index contributed by atoms with van der Waals surface area (Å²) in [6.45, 7) is 2.49. The van der Waals surface area contributed by atoms with Crippen LogP contribution in [-0.2, 0) is 140 Å². The van der Waals surface area contributed by atoms with Crippen molar-refractivity contribution < 1.29 is 80.6 Å². The summed E-state index contributed by atoms with van der Waals surface area (Å²) in [6, 6.07) is 89.2. The van der Waals surface area contributed by atoms with Crippen LogP contribution in [-0.4, -0.2) is 125 Å². The van der Waals surface area contributed by atoms with E-state index in [1.165, 1.54) is 6.92 Å². The number of carbonyl (C=O) groups is 1. The van der Waals surface area contributed by atoms with Crippen molar-refractivity contribution in [3.8, 4) is 0 Å². The zero-order valence-electron chi connectivity index (χ0n) is 57.1. The second kappa shape index (κ2) is 38.8. The Morgan fingerprint density at radius 2 is 0.436 bits per heavy atom. The molecule has 9 aromatic carbocycles. The summed E-state index contributed by atoms with van der Waals surface area (Å²) < 4.78 is 112. The van der Waals surface area contributed by atoms with Gasteiger partial charge in [-0.25, -0.2) is 0 Å². The lowest BCUT2D eigenvalue weighted by Gasteiger charge is -2.48. The minimum Gasteiger partial charge on any atom is -0.463 e. The molecule has 101 heavy (non-hydrogen) atoms. The van der Waals surface area contributed by atoms with Crippen molar-refractivity contribution in [3.63, 3.8) is 0 Å². The topological polar surface area (TPSA) is 165 Å². The summed E-state index contributed by atoms with van der Waals surface area (Å²) in [4.78, 5) is 12.8. The molecule has 9 aromatic rings. The largest absolute Gasteiger partial charge is 0.463 e. The van der Waals surface area contributed by atoms with E-state index in [-0.39, 0.29) is 79.3 Å². The monoisotopic (exact) mass is 1370 g/mol. The zero-order chi connectivity index (χ0) is 69.1. The molecule has 528 valence electrons. The molecular weight excluding hydrogens is 1280 g/mol. The molecule has 3 aliphatic rings. The highest BCUT2D eigenvalue weighted by Crippen LogP contribution is 2.37. The molecular formula is C84H90O17. The van der Waals surface area contributed by atoms with Gasteiger partial charge in [0.2, 0.25) is 0 Å². The van der Waals surface area contributed by atoms with Crippen molar-refractivity contribution >= 4 is 5.97 Å². The minimum atomic E-state index is -1.22. The first-order chi connectivity index (χ1) is 49.9. The molecule has 0 spiro atoms. The fourth-order valence-electron chi connectivity index (χ4n) is 12.7. The van der Waals surface area contributed by atoms with Gasteiger partial charge < -0.3 is 75.8 Å². The summed E-state index contributed by atoms with van der Waals surface area (Å²) >= 11 is 0. The van der Waals surface area contributed by atoms with Crippen LogP contribution in [0.4, 0.5) is 0 Å². The molecule has 0 amide bonds. The first-order valence-electron chi connectivity index (χ1n) is 34.6. The third kappa shape index (κ3) is 21.5. The van der Waals surface area contributed by atoms with E-state index in [9.17, 15) is 4.79 Å². The SMILES string of the molecule is CO[C@H]1O[C@H](CO[C@H]2O[C@H](CO[C@H]3O[C@H](COC(C)=O)[C@@H](OCc4ccccc4)[C@H](OCc4ccccc4)[C@H]3OCc3ccccc3)[C@@H](OCc3ccccc3)[C@H](OCc3ccccc3)[C@H]2OCc2ccccc2)[C@@H](OCc2ccccc2)[C@H](OCc2ccccc2)[C@H]1OCc1ccccc1. The Kier molecular flexibility index (Phi) is 27.9. The van der Waals surface area contributed by atoms with Crippen LogP contribution in [0.3, 0.4) is 0 Å². The standard InChI is InChI=1S/C84H90O17/c1-60(85)87-57-70-73(88-48-61-30-12-3-13-31-61)77(92-52-65-38-20-7-21-39-65)80(95-55-68-44-26-10-27-45-68)83(100-70)98-59-72-75(90-50-63-34-16-5-17-35-63)78(93-53-66-40-22-8-23-41-66)81(96-56-69-46-28-11-29-47-69)84(101-72)97-58-71-74(89-49-62-32-14-4-15-33-62)76(91-51-64-36-18-6-19-37-64)79(82(86-2)99-71)94-54-67-42-24-9-25-43-67/h3-47,70-84H,48-59H2,1-2H3/t70-,71-,72-,73-,74-,75-,76+,77+,78+,79-,80-,81-,82+,83+,84+/m1/s1. The van der Waals surface area contributed by atoms with E-state index in [2.05, 4.69) is 0 Å². The molecule has 3 heterocycles. The van der Waals surface area contributed by atoms with E-state index in [0.29, 0.717) is 0 Å². The number of ether oxygens (including phenoxy) is 16. The van der Waals surface area contributed by atoms with Gasteiger partial charge in [0.05, 0.1) is 72.7 Å². The molecule has 12 rings (SSSR count). The van der Waals surface area contributed by atoms with E-state index in [1.54, 1.807) is 7.11 Å². The van der Waals surface area contributed by atoms with E-state index in [0.717, 1.165) is 50.1 Å². The summed E-state index contributed by atoms with van der Waals surface area (Å²) in [6.07, 6.45) is -14.1. The molecule has 0 aliphatic carbocycles. The average Bonchev–Trinajstić information content (AvgIpc) is 0.789. The van der Waals surface area contributed by atoms with Crippen LogP contribution in [0, 0.1) is 0 Å². The molecule has 0 aromatic heterocycles. The van der Waals surface area contributed by atoms with Crippen molar-refractivity contribution in [1.82, 2.24) is 0 Å². The maximum atomic E-state index is 12.8. The van der Waals surface area contributed by atoms with Gasteiger partial charge in [0.25, 0.3) is 0 Å². The van der Waals surface area contributed by atoms with Gasteiger partial charge in [-0.2, -0.15) is 0 Å². The number of hydrogen-bond donors (Lipinski definition) is 0. The van der Waals surface area contributed by atoms with Crippen molar-refractivity contribution in [2.75, 3.05) is 26.9 Å². The van der Waals surface area contributed by atoms with Gasteiger partial charge in [-0.15, -0.1) is 0 Å². The van der Waals surface area contributed by atoms with Crippen LogP contribution < -0.4 is 0 Å². The third-order valence-electron chi connectivity index (χ3n) is 17.9. The quantitative estimate of drug-likeness (QED) is 0.0340. The van der Waals surface area contributed by atoms with Crippen LogP contribution in [0.5, 0.6) is 0 Å². The first kappa shape index (κ1) is 72.6. The molecule has 0 radical (unpaired) electrons. The predicted octanol–water partition coefficient (Wildman–Crippen LogP) is 13.7. The number of benzene rings is 9. The second-order valence-electron chi connectivity index (χ2n) is 25.2. The molecule has 3 fully saturated rings. The summed E-state index contributed by atoms with van der Waals surface area (Å²) in [5.41, 5.74) is 8.31. The number of esters is 1. The molecule has 17 heteroatoms. The highest BCUT2D eigenvalue weighted by molar-refractivity contribution is 5.65. The highest BCUT2D eigenvalue weighted by Gasteiger charge is 2.54. The predicted molar refractivity (Wildman–Crippen MR) is 377 cm³/mol. The fraction of sp³-hybridized carbons (Fsp3) is 0.345. The highest BCUT2D eigenvalue weighted by atomic mass is 16.8. The Morgan fingerprint density at radius 3 is 0.653 bits per heavy atom. The van der Waals surface area contributed by atoms with E-state index >= 15 is 0 Å². The maximum absolute atomic E-state index is 12.8. The van der Waals surface area contributed by atoms with E-state index in [4.69, 9.17) is 75.8 Å². The van der Waals surface area contributed by atoms with Gasteiger partial charge >= 0.3 is 5.97 Å². The number of methoxy groups -OCH3 is 1. The lowest BCUT2D eigenvalue weighted by Crippen LogP contribution is -2.65. The summed E-state index contributed by atoms with van der Waals surface area (Å²) in [5.74, 6) is -0.500. The van der Waals surface area contributed by atoms with Crippen LogP contribution in [0.25, 0.3) is 0 Å². The van der Waals surface area contributed by atoms with Crippen molar-refractivity contribution in [1.29, 1.82) is 0 Å². The molecule has 3 aliphatic heterocycles. The van der Waals surface area contributed by atoms with Crippen molar-refractivity contribution in [2.45, 2.75) is 159 Å². The zero-order valence-corrected chi connectivity index (χ0v) is 57.1. The van der Waals surface area contributed by atoms with Crippen molar-refractivity contribution in [2.24, 2.45) is 0 Å².